The Hall–Kier alpha value is -2.31. The van der Waals surface area contributed by atoms with E-state index in [4.69, 9.17) is 23.2 Å². The summed E-state index contributed by atoms with van der Waals surface area (Å²) in [5, 5.41) is 11.0. The number of carbonyl (C=O) groups is 1. The van der Waals surface area contributed by atoms with E-state index in [0.717, 1.165) is 29.8 Å². The molecule has 4 rings (SSSR count). The smallest absolute Gasteiger partial charge is 0.227 e. The molecule has 2 heterocycles. The molecule has 0 saturated carbocycles. The molecule has 1 aliphatic rings. The van der Waals surface area contributed by atoms with Crippen LogP contribution < -0.4 is 0 Å². The van der Waals surface area contributed by atoms with Crippen molar-refractivity contribution in [3.8, 4) is 0 Å². The first kappa shape index (κ1) is 23.8. The average Bonchev–Trinajstić information content (AvgIpc) is 3.41. The fraction of sp³-hybridized carbons (Fsp3) is 0.346. The van der Waals surface area contributed by atoms with E-state index in [-0.39, 0.29) is 24.5 Å². The summed E-state index contributed by atoms with van der Waals surface area (Å²) >= 11 is 12.3. The van der Waals surface area contributed by atoms with Gasteiger partial charge in [0.05, 0.1) is 35.2 Å². The minimum absolute atomic E-state index is 0.0168. The van der Waals surface area contributed by atoms with Crippen LogP contribution in [0.1, 0.15) is 29.3 Å². The van der Waals surface area contributed by atoms with Crippen molar-refractivity contribution in [2.75, 3.05) is 19.6 Å². The van der Waals surface area contributed by atoms with Crippen LogP contribution in [0.5, 0.6) is 0 Å². The Morgan fingerprint density at radius 1 is 1.12 bits per heavy atom. The molecule has 0 spiro atoms. The van der Waals surface area contributed by atoms with E-state index in [1.807, 2.05) is 59.1 Å². The third-order valence-corrected chi connectivity index (χ3v) is 7.02. The number of benzene rings is 2. The predicted molar refractivity (Wildman–Crippen MR) is 132 cm³/mol. The largest absolute Gasteiger partial charge is 0.392 e. The molecule has 3 aromatic rings. The van der Waals surface area contributed by atoms with Gasteiger partial charge in [-0.2, -0.15) is 0 Å². The Labute approximate surface area is 205 Å². The van der Waals surface area contributed by atoms with Gasteiger partial charge in [-0.25, -0.2) is 0 Å². The van der Waals surface area contributed by atoms with E-state index < -0.39 is 0 Å². The molecule has 0 bridgehead atoms. The van der Waals surface area contributed by atoms with Crippen LogP contribution in [0.25, 0.3) is 0 Å². The number of aromatic nitrogens is 1. The molecule has 1 aromatic heterocycles. The second kappa shape index (κ2) is 10.7. The van der Waals surface area contributed by atoms with Gasteiger partial charge in [-0.15, -0.1) is 0 Å². The number of aliphatic hydroxyl groups excluding tert-OH is 1. The number of likely N-dealkylation sites (tertiary alicyclic amines) is 1. The number of halogens is 2. The molecule has 0 aliphatic carbocycles. The number of hydrogen-bond acceptors (Lipinski definition) is 3. The van der Waals surface area contributed by atoms with Crippen molar-refractivity contribution in [3.05, 3.63) is 93.7 Å². The number of β-amino-alcohol motifs (C(OH)–C–C–N with tert-alkyl or cyclic N) is 1. The Bertz CT molecular complexity index is 1090. The fourth-order valence-corrected chi connectivity index (χ4v) is 4.74. The summed E-state index contributed by atoms with van der Waals surface area (Å²) in [4.78, 5) is 18.0. The van der Waals surface area contributed by atoms with Gasteiger partial charge in [-0.05, 0) is 41.8 Å². The van der Waals surface area contributed by atoms with Gasteiger partial charge in [0.15, 0.2) is 0 Å². The van der Waals surface area contributed by atoms with E-state index in [1.165, 1.54) is 0 Å². The quantitative estimate of drug-likeness (QED) is 0.502. The second-order valence-corrected chi connectivity index (χ2v) is 9.50. The summed E-state index contributed by atoms with van der Waals surface area (Å²) in [6, 6.07) is 19.4. The molecule has 5 nitrogen and oxygen atoms in total. The van der Waals surface area contributed by atoms with Crippen LogP contribution in [0, 0.1) is 0 Å². The van der Waals surface area contributed by atoms with E-state index in [1.54, 1.807) is 12.1 Å². The zero-order valence-corrected chi connectivity index (χ0v) is 20.2. The molecule has 2 aromatic carbocycles. The predicted octanol–water partition coefficient (Wildman–Crippen LogP) is 4.71. The van der Waals surface area contributed by atoms with Gasteiger partial charge < -0.3 is 14.6 Å². The molecule has 0 unspecified atom stereocenters. The lowest BCUT2D eigenvalue weighted by atomic mass is 10.0. The number of nitrogens with zero attached hydrogens (tertiary/aromatic N) is 3. The van der Waals surface area contributed by atoms with Gasteiger partial charge in [0.2, 0.25) is 5.91 Å². The molecular formula is C26H29Cl2N3O2. The first-order valence-electron chi connectivity index (χ1n) is 11.2. The lowest BCUT2D eigenvalue weighted by molar-refractivity contribution is -0.134. The molecule has 7 heteroatoms. The second-order valence-electron chi connectivity index (χ2n) is 8.69. The molecule has 174 valence electrons. The van der Waals surface area contributed by atoms with Crippen molar-refractivity contribution < 1.29 is 9.90 Å². The molecule has 1 aliphatic heterocycles. The molecule has 1 amide bonds. The van der Waals surface area contributed by atoms with Crippen LogP contribution >= 0.6 is 23.2 Å². The van der Waals surface area contributed by atoms with Gasteiger partial charge >= 0.3 is 0 Å². The lowest BCUT2D eigenvalue weighted by Gasteiger charge is -2.35. The Morgan fingerprint density at radius 2 is 1.91 bits per heavy atom. The standard InChI is InChI=1S/C26H29Cl2N3O2/c1-29-12-5-8-21(29)16-31(26(33)15-19-9-10-23(27)24(28)14-19)25(20-6-3-2-4-7-20)18-30-13-11-22(32)17-30/h2-10,12,14,22,25,32H,11,13,15-18H2,1H3/t22-,25+/m0/s1. The van der Waals surface area contributed by atoms with E-state index >= 15 is 0 Å². The summed E-state index contributed by atoms with van der Waals surface area (Å²) in [7, 11) is 1.99. The SMILES string of the molecule is Cn1cccc1CN(C(=O)Cc1ccc(Cl)c(Cl)c1)[C@H](CN1CC[C@H](O)C1)c1ccccc1. The summed E-state index contributed by atoms with van der Waals surface area (Å²) in [6.07, 6.45) is 2.67. The topological polar surface area (TPSA) is 48.7 Å². The van der Waals surface area contributed by atoms with Crippen LogP contribution in [0.3, 0.4) is 0 Å². The van der Waals surface area contributed by atoms with Crippen LogP contribution in [0.2, 0.25) is 10.0 Å². The zero-order chi connectivity index (χ0) is 23.4. The van der Waals surface area contributed by atoms with Crippen molar-refractivity contribution >= 4 is 29.1 Å². The summed E-state index contributed by atoms with van der Waals surface area (Å²) in [5.41, 5.74) is 2.96. The molecule has 0 radical (unpaired) electrons. The fourth-order valence-electron chi connectivity index (χ4n) is 4.41. The number of aliphatic hydroxyl groups is 1. The monoisotopic (exact) mass is 485 g/mol. The number of rotatable bonds is 8. The molecule has 33 heavy (non-hydrogen) atoms. The van der Waals surface area contributed by atoms with E-state index in [2.05, 4.69) is 17.0 Å². The minimum Gasteiger partial charge on any atom is -0.392 e. The number of aryl methyl sites for hydroxylation is 1. The van der Waals surface area contributed by atoms with Crippen molar-refractivity contribution in [2.24, 2.45) is 7.05 Å². The van der Waals surface area contributed by atoms with Crippen LogP contribution in [0.15, 0.2) is 66.9 Å². The maximum absolute atomic E-state index is 13.8. The molecule has 1 N–H and O–H groups in total. The van der Waals surface area contributed by atoms with Crippen molar-refractivity contribution in [1.29, 1.82) is 0 Å². The Balaban J connectivity index is 1.67. The zero-order valence-electron chi connectivity index (χ0n) is 18.7. The normalized spacial score (nSPS) is 17.3. The van der Waals surface area contributed by atoms with Crippen molar-refractivity contribution in [3.63, 3.8) is 0 Å². The maximum atomic E-state index is 13.8. The van der Waals surface area contributed by atoms with Gasteiger partial charge in [-0.1, -0.05) is 59.6 Å². The highest BCUT2D eigenvalue weighted by atomic mass is 35.5. The van der Waals surface area contributed by atoms with Crippen LogP contribution in [-0.2, 0) is 24.8 Å². The van der Waals surface area contributed by atoms with Gasteiger partial charge in [0.25, 0.3) is 0 Å². The van der Waals surface area contributed by atoms with Crippen molar-refractivity contribution in [2.45, 2.75) is 31.5 Å². The first-order valence-corrected chi connectivity index (χ1v) is 12.0. The van der Waals surface area contributed by atoms with Crippen LogP contribution in [-0.4, -0.2) is 51.1 Å². The third-order valence-electron chi connectivity index (χ3n) is 6.28. The molecular weight excluding hydrogens is 457 g/mol. The highest BCUT2D eigenvalue weighted by Crippen LogP contribution is 2.28. The minimum atomic E-state index is -0.311. The number of amides is 1. The highest BCUT2D eigenvalue weighted by Gasteiger charge is 2.30. The Kier molecular flexibility index (Phi) is 7.76. The lowest BCUT2D eigenvalue weighted by Crippen LogP contribution is -2.42. The number of carbonyl (C=O) groups excluding carboxylic acids is 1. The first-order chi connectivity index (χ1) is 15.9. The summed E-state index contributed by atoms with van der Waals surface area (Å²) < 4.78 is 2.04. The summed E-state index contributed by atoms with van der Waals surface area (Å²) in [6.45, 7) is 2.60. The van der Waals surface area contributed by atoms with Gasteiger partial charge in [-0.3, -0.25) is 9.69 Å². The van der Waals surface area contributed by atoms with E-state index in [9.17, 15) is 9.90 Å². The maximum Gasteiger partial charge on any atom is 0.227 e. The van der Waals surface area contributed by atoms with Crippen molar-refractivity contribution in [1.82, 2.24) is 14.4 Å². The third kappa shape index (κ3) is 5.98. The van der Waals surface area contributed by atoms with Crippen LogP contribution in [0.4, 0.5) is 0 Å². The number of hydrogen-bond donors (Lipinski definition) is 1. The van der Waals surface area contributed by atoms with Gasteiger partial charge in [0, 0.05) is 38.6 Å². The summed E-state index contributed by atoms with van der Waals surface area (Å²) in [5.74, 6) is 0.0168. The van der Waals surface area contributed by atoms with Gasteiger partial charge in [0.1, 0.15) is 0 Å². The highest BCUT2D eigenvalue weighted by molar-refractivity contribution is 6.42. The Morgan fingerprint density at radius 3 is 2.55 bits per heavy atom. The molecule has 1 saturated heterocycles. The average molecular weight is 486 g/mol. The molecule has 1 fully saturated rings. The van der Waals surface area contributed by atoms with E-state index in [0.29, 0.717) is 29.7 Å². The molecule has 2 atom stereocenters.